The van der Waals surface area contributed by atoms with Gasteiger partial charge in [-0.2, -0.15) is 0 Å². The molecule has 0 aromatic rings. The van der Waals surface area contributed by atoms with Crippen molar-refractivity contribution in [3.05, 3.63) is 0 Å². The first kappa shape index (κ1) is 9.76. The summed E-state index contributed by atoms with van der Waals surface area (Å²) >= 11 is 5.71. The molecule has 0 amide bonds. The topological polar surface area (TPSA) is 26.3 Å². The Morgan fingerprint density at radius 3 is 2.50 bits per heavy atom. The molecule has 0 spiro atoms. The molecule has 0 aliphatic rings. The van der Waals surface area contributed by atoms with E-state index in [0.717, 1.165) is 6.42 Å². The third-order valence-corrected chi connectivity index (χ3v) is 2.18. The van der Waals surface area contributed by atoms with Crippen molar-refractivity contribution >= 4 is 17.6 Å². The number of methoxy groups -OCH3 is 1. The van der Waals surface area contributed by atoms with Crippen LogP contribution in [-0.2, 0) is 9.53 Å². The monoisotopic (exact) mass is 164 g/mol. The lowest BCUT2D eigenvalue weighted by molar-refractivity contribution is -0.141. The molecule has 0 fully saturated rings. The van der Waals surface area contributed by atoms with Crippen LogP contribution in [0.1, 0.15) is 20.3 Å². The molecule has 0 aliphatic carbocycles. The van der Waals surface area contributed by atoms with E-state index in [4.69, 9.17) is 11.6 Å². The van der Waals surface area contributed by atoms with Gasteiger partial charge in [-0.1, -0.05) is 20.3 Å². The summed E-state index contributed by atoms with van der Waals surface area (Å²) in [6.07, 6.45) is 0.892. The van der Waals surface area contributed by atoms with Gasteiger partial charge >= 0.3 is 5.97 Å². The SMILES string of the molecule is CC[C@@H](C)[C@@H](Cl)C(=O)OC. The Balaban J connectivity index is 3.81. The average molecular weight is 165 g/mol. The molecule has 0 aliphatic heterocycles. The second-order valence-electron chi connectivity index (χ2n) is 2.31. The van der Waals surface area contributed by atoms with Crippen LogP contribution < -0.4 is 0 Å². The van der Waals surface area contributed by atoms with Gasteiger partial charge in [-0.15, -0.1) is 11.6 Å². The fraction of sp³-hybridized carbons (Fsp3) is 0.857. The number of ether oxygens (including phenoxy) is 1. The van der Waals surface area contributed by atoms with Crippen LogP contribution in [0.3, 0.4) is 0 Å². The lowest BCUT2D eigenvalue weighted by atomic mass is 10.1. The average Bonchev–Trinajstić information content (AvgIpc) is 2.00. The molecule has 0 aromatic carbocycles. The summed E-state index contributed by atoms with van der Waals surface area (Å²) in [5, 5.41) is -0.491. The van der Waals surface area contributed by atoms with Crippen LogP contribution >= 0.6 is 11.6 Å². The van der Waals surface area contributed by atoms with Gasteiger partial charge in [0.15, 0.2) is 0 Å². The molecule has 0 aromatic heterocycles. The molecule has 2 nitrogen and oxygen atoms in total. The highest BCUT2D eigenvalue weighted by atomic mass is 35.5. The van der Waals surface area contributed by atoms with E-state index in [1.165, 1.54) is 7.11 Å². The largest absolute Gasteiger partial charge is 0.468 e. The summed E-state index contributed by atoms with van der Waals surface area (Å²) in [5.41, 5.74) is 0. The van der Waals surface area contributed by atoms with Crippen molar-refractivity contribution in [1.29, 1.82) is 0 Å². The first-order valence-corrected chi connectivity index (χ1v) is 3.79. The summed E-state index contributed by atoms with van der Waals surface area (Å²) in [6.45, 7) is 3.91. The van der Waals surface area contributed by atoms with Crippen LogP contribution in [0.4, 0.5) is 0 Å². The molecule has 0 rings (SSSR count). The lowest BCUT2D eigenvalue weighted by Gasteiger charge is -2.12. The van der Waals surface area contributed by atoms with E-state index < -0.39 is 5.38 Å². The van der Waals surface area contributed by atoms with Gasteiger partial charge in [-0.25, -0.2) is 0 Å². The van der Waals surface area contributed by atoms with Crippen molar-refractivity contribution in [2.75, 3.05) is 7.11 Å². The van der Waals surface area contributed by atoms with Crippen LogP contribution in [0.2, 0.25) is 0 Å². The van der Waals surface area contributed by atoms with Crippen LogP contribution in [0.25, 0.3) is 0 Å². The zero-order valence-electron chi connectivity index (χ0n) is 6.56. The third-order valence-electron chi connectivity index (χ3n) is 1.57. The summed E-state index contributed by atoms with van der Waals surface area (Å²) in [6, 6.07) is 0. The van der Waals surface area contributed by atoms with E-state index in [2.05, 4.69) is 4.74 Å². The molecule has 0 saturated carbocycles. The molecule has 0 radical (unpaired) electrons. The van der Waals surface area contributed by atoms with Crippen LogP contribution in [0.15, 0.2) is 0 Å². The molecular weight excluding hydrogens is 152 g/mol. The van der Waals surface area contributed by atoms with Gasteiger partial charge in [0.2, 0.25) is 0 Å². The minimum Gasteiger partial charge on any atom is -0.468 e. The van der Waals surface area contributed by atoms with Crippen molar-refractivity contribution in [1.82, 2.24) is 0 Å². The quantitative estimate of drug-likeness (QED) is 0.470. The molecule has 2 atom stereocenters. The summed E-state index contributed by atoms with van der Waals surface area (Å²) < 4.78 is 4.46. The Hall–Kier alpha value is -0.240. The molecule has 60 valence electrons. The third kappa shape index (κ3) is 2.56. The molecule has 10 heavy (non-hydrogen) atoms. The van der Waals surface area contributed by atoms with Crippen LogP contribution in [-0.4, -0.2) is 18.5 Å². The van der Waals surface area contributed by atoms with E-state index in [-0.39, 0.29) is 11.9 Å². The number of esters is 1. The number of alkyl halides is 1. The molecule has 0 bridgehead atoms. The highest BCUT2D eigenvalue weighted by Crippen LogP contribution is 2.14. The van der Waals surface area contributed by atoms with Crippen molar-refractivity contribution in [3.8, 4) is 0 Å². The minimum absolute atomic E-state index is 0.189. The second-order valence-corrected chi connectivity index (χ2v) is 2.78. The smallest absolute Gasteiger partial charge is 0.324 e. The fourth-order valence-corrected chi connectivity index (χ4v) is 0.819. The molecule has 0 N–H and O–H groups in total. The van der Waals surface area contributed by atoms with E-state index >= 15 is 0 Å². The Morgan fingerprint density at radius 1 is 1.70 bits per heavy atom. The highest BCUT2D eigenvalue weighted by Gasteiger charge is 2.21. The molecule has 0 unspecified atom stereocenters. The van der Waals surface area contributed by atoms with Gasteiger partial charge in [-0.3, -0.25) is 4.79 Å². The van der Waals surface area contributed by atoms with Crippen molar-refractivity contribution in [3.63, 3.8) is 0 Å². The minimum atomic E-state index is -0.491. The van der Waals surface area contributed by atoms with Crippen molar-refractivity contribution in [2.45, 2.75) is 25.6 Å². The van der Waals surface area contributed by atoms with Gasteiger partial charge in [-0.05, 0) is 5.92 Å². The Bertz CT molecular complexity index is 114. The van der Waals surface area contributed by atoms with Gasteiger partial charge in [0.05, 0.1) is 7.11 Å². The van der Waals surface area contributed by atoms with Gasteiger partial charge in [0, 0.05) is 0 Å². The Kier molecular flexibility index (Phi) is 4.45. The van der Waals surface area contributed by atoms with Crippen LogP contribution in [0.5, 0.6) is 0 Å². The van der Waals surface area contributed by atoms with Crippen molar-refractivity contribution < 1.29 is 9.53 Å². The predicted molar refractivity (Wildman–Crippen MR) is 41.1 cm³/mol. The second kappa shape index (κ2) is 4.56. The maximum absolute atomic E-state index is 10.8. The maximum atomic E-state index is 10.8. The summed E-state index contributed by atoms with van der Waals surface area (Å²) in [7, 11) is 1.35. The highest BCUT2D eigenvalue weighted by molar-refractivity contribution is 6.30. The van der Waals surface area contributed by atoms with E-state index in [1.807, 2.05) is 13.8 Å². The van der Waals surface area contributed by atoms with Crippen LogP contribution in [0, 0.1) is 5.92 Å². The molecule has 0 saturated heterocycles. The maximum Gasteiger partial charge on any atom is 0.324 e. The Labute approximate surface area is 66.5 Å². The predicted octanol–water partition coefficient (Wildman–Crippen LogP) is 1.81. The number of carbonyl (C=O) groups is 1. The number of carbonyl (C=O) groups excluding carboxylic acids is 1. The van der Waals surface area contributed by atoms with Gasteiger partial charge < -0.3 is 4.74 Å². The number of halogens is 1. The Morgan fingerprint density at radius 2 is 2.20 bits per heavy atom. The normalized spacial score (nSPS) is 16.0. The summed E-state index contributed by atoms with van der Waals surface area (Å²) in [4.78, 5) is 10.8. The number of rotatable bonds is 3. The zero-order chi connectivity index (χ0) is 8.15. The van der Waals surface area contributed by atoms with Gasteiger partial charge in [0.1, 0.15) is 5.38 Å². The van der Waals surface area contributed by atoms with E-state index in [0.29, 0.717) is 0 Å². The lowest BCUT2D eigenvalue weighted by Crippen LogP contribution is -2.23. The molecule has 3 heteroatoms. The summed E-state index contributed by atoms with van der Waals surface area (Å²) in [5.74, 6) is -0.148. The molecular formula is C7H13ClO2. The first-order chi connectivity index (χ1) is 4.63. The van der Waals surface area contributed by atoms with E-state index in [9.17, 15) is 4.79 Å². The fourth-order valence-electron chi connectivity index (χ4n) is 0.552. The first-order valence-electron chi connectivity index (χ1n) is 3.35. The standard InChI is InChI=1S/C7H13ClO2/c1-4-5(2)6(8)7(9)10-3/h5-6H,4H2,1-3H3/t5-,6-/m1/s1. The molecule has 0 heterocycles. The van der Waals surface area contributed by atoms with Gasteiger partial charge in [0.25, 0.3) is 0 Å². The number of hydrogen-bond acceptors (Lipinski definition) is 2. The number of hydrogen-bond donors (Lipinski definition) is 0. The van der Waals surface area contributed by atoms with Crippen molar-refractivity contribution in [2.24, 2.45) is 5.92 Å². The zero-order valence-corrected chi connectivity index (χ0v) is 7.31. The van der Waals surface area contributed by atoms with E-state index in [1.54, 1.807) is 0 Å².